The molecule has 1 atom stereocenters. The summed E-state index contributed by atoms with van der Waals surface area (Å²) in [6, 6.07) is 1.45. The number of fused-ring (bicyclic) bond motifs is 1. The molecule has 116 valence electrons. The van der Waals surface area contributed by atoms with E-state index in [4.69, 9.17) is 4.74 Å². The third kappa shape index (κ3) is 3.12. The van der Waals surface area contributed by atoms with Gasteiger partial charge < -0.3 is 9.72 Å². The van der Waals surface area contributed by atoms with E-state index in [0.29, 0.717) is 24.2 Å². The zero-order chi connectivity index (χ0) is 15.4. The molecule has 5 heteroatoms. The number of rotatable bonds is 7. The highest BCUT2D eigenvalue weighted by Crippen LogP contribution is 2.27. The molecule has 1 N–H and O–H groups in total. The molecule has 2 heterocycles. The van der Waals surface area contributed by atoms with Crippen molar-refractivity contribution in [3.63, 3.8) is 0 Å². The van der Waals surface area contributed by atoms with Crippen molar-refractivity contribution in [2.75, 3.05) is 6.61 Å². The first kappa shape index (κ1) is 15.6. The topological polar surface area (TPSA) is 59.4 Å². The molecule has 0 bridgehead atoms. The number of nitrogens with zero attached hydrogens (tertiary/aromatic N) is 2. The van der Waals surface area contributed by atoms with Crippen molar-refractivity contribution in [1.29, 1.82) is 0 Å². The average Bonchev–Trinajstić information content (AvgIpc) is 2.78. The Morgan fingerprint density at radius 2 is 2.14 bits per heavy atom. The Morgan fingerprint density at radius 1 is 1.38 bits per heavy atom. The number of aromatic nitrogens is 3. The number of aromatic amines is 1. The fourth-order valence-electron chi connectivity index (χ4n) is 2.82. The number of ether oxygens (including phenoxy) is 1. The van der Waals surface area contributed by atoms with E-state index in [0.717, 1.165) is 24.2 Å². The van der Waals surface area contributed by atoms with Crippen LogP contribution in [0.4, 0.5) is 0 Å². The minimum atomic E-state index is -0.0891. The van der Waals surface area contributed by atoms with E-state index in [1.165, 1.54) is 18.9 Å². The zero-order valence-electron chi connectivity index (χ0n) is 13.4. The molecule has 0 fully saturated rings. The van der Waals surface area contributed by atoms with E-state index in [-0.39, 0.29) is 5.56 Å². The van der Waals surface area contributed by atoms with Crippen LogP contribution in [0.1, 0.15) is 63.8 Å². The molecule has 0 aliphatic rings. The van der Waals surface area contributed by atoms with Gasteiger partial charge in [0.05, 0.1) is 12.7 Å². The number of hydrogen-bond donors (Lipinski definition) is 1. The van der Waals surface area contributed by atoms with Crippen molar-refractivity contribution in [1.82, 2.24) is 14.4 Å². The average molecular weight is 291 g/mol. The van der Waals surface area contributed by atoms with Gasteiger partial charge in [0.25, 0.3) is 5.56 Å². The van der Waals surface area contributed by atoms with Gasteiger partial charge >= 0.3 is 0 Å². The number of unbranched alkanes of at least 4 members (excludes halogenated alkanes) is 1. The largest absolute Gasteiger partial charge is 0.478 e. The Balaban J connectivity index is 2.48. The van der Waals surface area contributed by atoms with Crippen LogP contribution < -0.4 is 10.3 Å². The first-order chi connectivity index (χ1) is 10.1. The molecule has 0 saturated heterocycles. The minimum Gasteiger partial charge on any atom is -0.478 e. The molecule has 0 saturated carbocycles. The molecule has 0 aromatic carbocycles. The Bertz CT molecular complexity index is 657. The zero-order valence-corrected chi connectivity index (χ0v) is 13.4. The predicted molar refractivity (Wildman–Crippen MR) is 84.3 cm³/mol. The second kappa shape index (κ2) is 6.78. The van der Waals surface area contributed by atoms with E-state index in [9.17, 15) is 4.79 Å². The Kier molecular flexibility index (Phi) is 5.04. The normalized spacial score (nSPS) is 12.8. The predicted octanol–water partition coefficient (Wildman–Crippen LogP) is 3.41. The Labute approximate surface area is 125 Å². The summed E-state index contributed by atoms with van der Waals surface area (Å²) in [6.07, 6.45) is 4.57. The SMILES string of the molecule is CCCCC(CC)c1[nH]c2nc(OCC)cc(=O)n2c1C. The summed E-state index contributed by atoms with van der Waals surface area (Å²) in [6.45, 7) is 8.76. The van der Waals surface area contributed by atoms with Crippen molar-refractivity contribution in [3.8, 4) is 5.88 Å². The van der Waals surface area contributed by atoms with Crippen LogP contribution in [0.15, 0.2) is 10.9 Å². The molecular formula is C16H25N3O2. The molecule has 2 aromatic heterocycles. The number of aryl methyl sites for hydroxylation is 1. The molecule has 2 rings (SSSR count). The molecule has 2 aromatic rings. The number of hydrogen-bond acceptors (Lipinski definition) is 3. The Morgan fingerprint density at radius 3 is 2.76 bits per heavy atom. The first-order valence-corrected chi connectivity index (χ1v) is 7.87. The lowest BCUT2D eigenvalue weighted by molar-refractivity contribution is 0.326. The van der Waals surface area contributed by atoms with E-state index >= 15 is 0 Å². The van der Waals surface area contributed by atoms with Gasteiger partial charge in [0.1, 0.15) is 0 Å². The second-order valence-corrected chi connectivity index (χ2v) is 5.40. The van der Waals surface area contributed by atoms with Crippen LogP contribution in [0, 0.1) is 6.92 Å². The standard InChI is InChI=1S/C16H25N3O2/c1-5-8-9-12(6-2)15-11(4)19-14(20)10-13(21-7-3)17-16(19)18-15/h10,12H,5-9H2,1-4H3,(H,17,18). The van der Waals surface area contributed by atoms with Gasteiger partial charge in [-0.3, -0.25) is 4.79 Å². The fourth-order valence-corrected chi connectivity index (χ4v) is 2.82. The smallest absolute Gasteiger partial charge is 0.263 e. The third-order valence-electron chi connectivity index (χ3n) is 3.97. The van der Waals surface area contributed by atoms with Gasteiger partial charge in [0.15, 0.2) is 0 Å². The summed E-state index contributed by atoms with van der Waals surface area (Å²) in [5, 5.41) is 0. The van der Waals surface area contributed by atoms with Crippen LogP contribution in [0.5, 0.6) is 5.88 Å². The molecule has 0 spiro atoms. The Hall–Kier alpha value is -1.78. The summed E-state index contributed by atoms with van der Waals surface area (Å²) >= 11 is 0. The fraction of sp³-hybridized carbons (Fsp3) is 0.625. The number of H-pyrrole nitrogens is 1. The number of nitrogens with one attached hydrogen (secondary N) is 1. The van der Waals surface area contributed by atoms with Crippen molar-refractivity contribution in [3.05, 3.63) is 27.8 Å². The van der Waals surface area contributed by atoms with E-state index < -0.39 is 0 Å². The van der Waals surface area contributed by atoms with Crippen molar-refractivity contribution in [2.24, 2.45) is 0 Å². The van der Waals surface area contributed by atoms with Gasteiger partial charge in [0.2, 0.25) is 11.7 Å². The first-order valence-electron chi connectivity index (χ1n) is 7.87. The van der Waals surface area contributed by atoms with Crippen LogP contribution in [0.2, 0.25) is 0 Å². The van der Waals surface area contributed by atoms with Crippen molar-refractivity contribution < 1.29 is 4.74 Å². The van der Waals surface area contributed by atoms with E-state index in [1.807, 2.05) is 13.8 Å². The van der Waals surface area contributed by atoms with Gasteiger partial charge in [-0.2, -0.15) is 4.98 Å². The summed E-state index contributed by atoms with van der Waals surface area (Å²) in [7, 11) is 0. The van der Waals surface area contributed by atoms with Crippen LogP contribution >= 0.6 is 0 Å². The molecule has 0 amide bonds. The minimum absolute atomic E-state index is 0.0891. The second-order valence-electron chi connectivity index (χ2n) is 5.40. The quantitative estimate of drug-likeness (QED) is 0.850. The van der Waals surface area contributed by atoms with E-state index in [1.54, 1.807) is 4.40 Å². The summed E-state index contributed by atoms with van der Waals surface area (Å²) < 4.78 is 7.00. The summed E-state index contributed by atoms with van der Waals surface area (Å²) in [5.74, 6) is 1.41. The van der Waals surface area contributed by atoms with Crippen LogP contribution in [-0.4, -0.2) is 21.0 Å². The summed E-state index contributed by atoms with van der Waals surface area (Å²) in [4.78, 5) is 20.0. The lowest BCUT2D eigenvalue weighted by Gasteiger charge is -2.13. The van der Waals surface area contributed by atoms with Crippen LogP contribution in [-0.2, 0) is 0 Å². The van der Waals surface area contributed by atoms with Crippen LogP contribution in [0.3, 0.4) is 0 Å². The highest BCUT2D eigenvalue weighted by Gasteiger charge is 2.18. The highest BCUT2D eigenvalue weighted by atomic mass is 16.5. The van der Waals surface area contributed by atoms with Gasteiger partial charge in [-0.05, 0) is 26.7 Å². The molecule has 0 aliphatic carbocycles. The monoisotopic (exact) mass is 291 g/mol. The van der Waals surface area contributed by atoms with E-state index in [2.05, 4.69) is 23.8 Å². The molecule has 5 nitrogen and oxygen atoms in total. The van der Waals surface area contributed by atoms with Crippen LogP contribution in [0.25, 0.3) is 5.78 Å². The molecular weight excluding hydrogens is 266 g/mol. The maximum Gasteiger partial charge on any atom is 0.263 e. The van der Waals surface area contributed by atoms with Crippen molar-refractivity contribution in [2.45, 2.75) is 59.3 Å². The lowest BCUT2D eigenvalue weighted by atomic mass is 9.95. The lowest BCUT2D eigenvalue weighted by Crippen LogP contribution is -2.15. The summed E-state index contributed by atoms with van der Waals surface area (Å²) in [5.41, 5.74) is 2.01. The number of imidazole rings is 1. The van der Waals surface area contributed by atoms with Gasteiger partial charge in [-0.15, -0.1) is 0 Å². The highest BCUT2D eigenvalue weighted by molar-refractivity contribution is 5.39. The van der Waals surface area contributed by atoms with Gasteiger partial charge in [-0.1, -0.05) is 26.7 Å². The van der Waals surface area contributed by atoms with Gasteiger partial charge in [-0.25, -0.2) is 4.40 Å². The van der Waals surface area contributed by atoms with Crippen molar-refractivity contribution >= 4 is 5.78 Å². The maximum atomic E-state index is 12.3. The van der Waals surface area contributed by atoms with Gasteiger partial charge in [0, 0.05) is 17.3 Å². The molecule has 0 radical (unpaired) electrons. The molecule has 1 unspecified atom stereocenters. The maximum absolute atomic E-state index is 12.3. The third-order valence-corrected chi connectivity index (χ3v) is 3.97. The molecule has 0 aliphatic heterocycles. The molecule has 21 heavy (non-hydrogen) atoms.